The summed E-state index contributed by atoms with van der Waals surface area (Å²) in [5.74, 6) is 1.83. The maximum absolute atomic E-state index is 5.43. The van der Waals surface area contributed by atoms with E-state index in [0.29, 0.717) is 0 Å². The van der Waals surface area contributed by atoms with E-state index in [0.717, 1.165) is 69.6 Å². The maximum Gasteiger partial charge on any atom is 0.193 e. The van der Waals surface area contributed by atoms with Gasteiger partial charge in [0, 0.05) is 45.8 Å². The Labute approximate surface area is 175 Å². The number of para-hydroxylation sites is 1. The summed E-state index contributed by atoms with van der Waals surface area (Å²) >= 11 is 0. The van der Waals surface area contributed by atoms with Gasteiger partial charge >= 0.3 is 0 Å². The van der Waals surface area contributed by atoms with E-state index in [1.165, 1.54) is 6.42 Å². The van der Waals surface area contributed by atoms with E-state index in [4.69, 9.17) is 9.47 Å². The fourth-order valence-electron chi connectivity index (χ4n) is 3.03. The van der Waals surface area contributed by atoms with E-state index in [-0.39, 0.29) is 24.0 Å². The number of hydrogen-bond donors (Lipinski definition) is 1. The van der Waals surface area contributed by atoms with Crippen LogP contribution in [0.15, 0.2) is 29.3 Å². The zero-order chi connectivity index (χ0) is 17.9. The van der Waals surface area contributed by atoms with Crippen LogP contribution in [0.3, 0.4) is 0 Å². The van der Waals surface area contributed by atoms with Crippen LogP contribution in [-0.2, 0) is 11.3 Å². The molecule has 0 bridgehead atoms. The van der Waals surface area contributed by atoms with Crippen molar-refractivity contribution >= 4 is 29.9 Å². The summed E-state index contributed by atoms with van der Waals surface area (Å²) < 4.78 is 10.8. The number of rotatable bonds is 8. The molecule has 0 radical (unpaired) electrons. The predicted molar refractivity (Wildman–Crippen MR) is 118 cm³/mol. The first-order valence-corrected chi connectivity index (χ1v) is 9.08. The molecule has 0 spiro atoms. The van der Waals surface area contributed by atoms with Gasteiger partial charge in [-0.1, -0.05) is 18.2 Å². The number of nitrogens with one attached hydrogen (secondary N) is 1. The summed E-state index contributed by atoms with van der Waals surface area (Å²) in [6.07, 6.45) is 2.33. The molecule has 0 atom stereocenters. The molecule has 0 aromatic heterocycles. The molecule has 1 aromatic carbocycles. The molecular formula is C19H33IN4O2. The van der Waals surface area contributed by atoms with Gasteiger partial charge in [0.1, 0.15) is 5.75 Å². The highest BCUT2D eigenvalue weighted by atomic mass is 127. The first-order chi connectivity index (χ1) is 12.2. The van der Waals surface area contributed by atoms with Crippen molar-refractivity contribution in [1.82, 2.24) is 15.1 Å². The van der Waals surface area contributed by atoms with Gasteiger partial charge in [-0.2, -0.15) is 0 Å². The minimum absolute atomic E-state index is 0. The molecule has 26 heavy (non-hydrogen) atoms. The molecule has 0 aliphatic carbocycles. The number of methoxy groups -OCH3 is 1. The second-order valence-electron chi connectivity index (χ2n) is 6.30. The number of guanidine groups is 1. The number of morpholine rings is 1. The fourth-order valence-corrected chi connectivity index (χ4v) is 3.03. The van der Waals surface area contributed by atoms with Gasteiger partial charge in [-0.25, -0.2) is 0 Å². The minimum Gasteiger partial charge on any atom is -0.496 e. The summed E-state index contributed by atoms with van der Waals surface area (Å²) in [5.41, 5.74) is 1.16. The van der Waals surface area contributed by atoms with Crippen LogP contribution in [0.2, 0.25) is 0 Å². The standard InChI is InChI=1S/C19H32N4O2.HI/c1-20-19(21-10-6-7-11-23-12-14-25-15-13-23)22(2)16-17-8-4-5-9-18(17)24-3;/h4-5,8-9H,6-7,10-16H2,1-3H3,(H,20,21);1H. The van der Waals surface area contributed by atoms with E-state index in [2.05, 4.69) is 33.2 Å². The molecule has 0 saturated carbocycles. The Kier molecular flexibility index (Phi) is 11.6. The Morgan fingerprint density at radius 1 is 1.27 bits per heavy atom. The van der Waals surface area contributed by atoms with Crippen molar-refractivity contribution in [3.8, 4) is 5.75 Å². The SMILES string of the molecule is CN=C(NCCCCN1CCOCC1)N(C)Cc1ccccc1OC.I. The first kappa shape index (κ1) is 23.0. The molecule has 1 heterocycles. The van der Waals surface area contributed by atoms with E-state index in [9.17, 15) is 0 Å². The zero-order valence-corrected chi connectivity index (χ0v) is 18.6. The Morgan fingerprint density at radius 2 is 2.00 bits per heavy atom. The van der Waals surface area contributed by atoms with Gasteiger partial charge in [0.05, 0.1) is 20.3 Å². The van der Waals surface area contributed by atoms with E-state index in [1.807, 2.05) is 25.2 Å². The molecule has 1 saturated heterocycles. The van der Waals surface area contributed by atoms with Gasteiger partial charge in [-0.15, -0.1) is 24.0 Å². The molecule has 1 aliphatic rings. The Morgan fingerprint density at radius 3 is 2.69 bits per heavy atom. The highest BCUT2D eigenvalue weighted by molar-refractivity contribution is 14.0. The Bertz CT molecular complexity index is 536. The average Bonchev–Trinajstić information content (AvgIpc) is 2.66. The van der Waals surface area contributed by atoms with Gasteiger partial charge in [0.25, 0.3) is 0 Å². The number of unbranched alkanes of at least 4 members (excludes halogenated alkanes) is 1. The lowest BCUT2D eigenvalue weighted by Gasteiger charge is -2.26. The van der Waals surface area contributed by atoms with Gasteiger partial charge in [0.2, 0.25) is 0 Å². The number of hydrogen-bond acceptors (Lipinski definition) is 4. The lowest BCUT2D eigenvalue weighted by atomic mass is 10.2. The topological polar surface area (TPSA) is 49.3 Å². The molecule has 0 unspecified atom stereocenters. The van der Waals surface area contributed by atoms with E-state index >= 15 is 0 Å². The summed E-state index contributed by atoms with van der Waals surface area (Å²) in [6.45, 7) is 6.73. The Balaban J connectivity index is 0.00000338. The molecule has 6 nitrogen and oxygen atoms in total. The van der Waals surface area contributed by atoms with Crippen molar-refractivity contribution in [3.05, 3.63) is 29.8 Å². The predicted octanol–water partition coefficient (Wildman–Crippen LogP) is 2.43. The quantitative estimate of drug-likeness (QED) is 0.271. The van der Waals surface area contributed by atoms with Crippen LogP contribution in [0, 0.1) is 0 Å². The average molecular weight is 476 g/mol. The molecule has 1 aromatic rings. The van der Waals surface area contributed by atoms with Gasteiger partial charge in [-0.05, 0) is 25.5 Å². The maximum atomic E-state index is 5.43. The molecule has 1 fully saturated rings. The largest absolute Gasteiger partial charge is 0.496 e. The molecule has 0 amide bonds. The second-order valence-corrected chi connectivity index (χ2v) is 6.30. The zero-order valence-electron chi connectivity index (χ0n) is 16.2. The van der Waals surface area contributed by atoms with Crippen LogP contribution in [-0.4, -0.2) is 76.4 Å². The van der Waals surface area contributed by atoms with Crippen LogP contribution in [0.25, 0.3) is 0 Å². The summed E-state index contributed by atoms with van der Waals surface area (Å²) in [4.78, 5) is 8.99. The molecule has 148 valence electrons. The third-order valence-electron chi connectivity index (χ3n) is 4.46. The smallest absolute Gasteiger partial charge is 0.193 e. The van der Waals surface area contributed by atoms with Crippen LogP contribution < -0.4 is 10.1 Å². The Hall–Kier alpha value is -1.06. The first-order valence-electron chi connectivity index (χ1n) is 9.08. The molecular weight excluding hydrogens is 443 g/mol. The third-order valence-corrected chi connectivity index (χ3v) is 4.46. The molecule has 1 aliphatic heterocycles. The number of halogens is 1. The van der Waals surface area contributed by atoms with Crippen LogP contribution in [0.1, 0.15) is 18.4 Å². The molecule has 2 rings (SSSR count). The van der Waals surface area contributed by atoms with Gasteiger partial charge in [0.15, 0.2) is 5.96 Å². The monoisotopic (exact) mass is 476 g/mol. The van der Waals surface area contributed by atoms with Gasteiger partial charge < -0.3 is 19.7 Å². The lowest BCUT2D eigenvalue weighted by Crippen LogP contribution is -2.39. The third kappa shape index (κ3) is 7.67. The van der Waals surface area contributed by atoms with Crippen molar-refractivity contribution in [2.45, 2.75) is 19.4 Å². The number of nitrogens with zero attached hydrogens (tertiary/aromatic N) is 3. The molecule has 7 heteroatoms. The summed E-state index contributed by atoms with van der Waals surface area (Å²) in [5, 5.41) is 3.46. The van der Waals surface area contributed by atoms with Gasteiger partial charge in [-0.3, -0.25) is 9.89 Å². The summed E-state index contributed by atoms with van der Waals surface area (Å²) in [6, 6.07) is 8.10. The molecule has 1 N–H and O–H groups in total. The van der Waals surface area contributed by atoms with Crippen LogP contribution >= 0.6 is 24.0 Å². The van der Waals surface area contributed by atoms with Crippen molar-refractivity contribution in [3.63, 3.8) is 0 Å². The number of aliphatic imine (C=N–C) groups is 1. The van der Waals surface area contributed by atoms with Crippen molar-refractivity contribution in [2.75, 3.05) is 60.6 Å². The van der Waals surface area contributed by atoms with E-state index in [1.54, 1.807) is 7.11 Å². The fraction of sp³-hybridized carbons (Fsp3) is 0.632. The second kappa shape index (κ2) is 13.2. The lowest BCUT2D eigenvalue weighted by molar-refractivity contribution is 0.0372. The van der Waals surface area contributed by atoms with Crippen molar-refractivity contribution in [1.29, 1.82) is 0 Å². The van der Waals surface area contributed by atoms with Crippen LogP contribution in [0.4, 0.5) is 0 Å². The normalized spacial score (nSPS) is 15.3. The van der Waals surface area contributed by atoms with Crippen molar-refractivity contribution in [2.24, 2.45) is 4.99 Å². The number of benzene rings is 1. The minimum atomic E-state index is 0. The van der Waals surface area contributed by atoms with Crippen molar-refractivity contribution < 1.29 is 9.47 Å². The summed E-state index contributed by atoms with van der Waals surface area (Å²) in [7, 11) is 5.59. The highest BCUT2D eigenvalue weighted by Crippen LogP contribution is 2.18. The van der Waals surface area contributed by atoms with Crippen LogP contribution in [0.5, 0.6) is 5.75 Å². The highest BCUT2D eigenvalue weighted by Gasteiger charge is 2.11. The van der Waals surface area contributed by atoms with E-state index < -0.39 is 0 Å². The number of ether oxygens (including phenoxy) is 2.